The summed E-state index contributed by atoms with van der Waals surface area (Å²) in [4.78, 5) is -0.0215. The lowest BCUT2D eigenvalue weighted by molar-refractivity contribution is -0.137. The van der Waals surface area contributed by atoms with Crippen molar-refractivity contribution in [1.82, 2.24) is 0 Å². The van der Waals surface area contributed by atoms with E-state index >= 15 is 0 Å². The third kappa shape index (κ3) is 1.94. The van der Waals surface area contributed by atoms with E-state index in [-0.39, 0.29) is 21.7 Å². The maximum atomic E-state index is 12.7. The minimum atomic E-state index is -4.47. The molecular weight excluding hydrogens is 291 g/mol. The van der Waals surface area contributed by atoms with Crippen LogP contribution < -0.4 is 4.72 Å². The lowest BCUT2D eigenvalue weighted by Gasteiger charge is -2.22. The van der Waals surface area contributed by atoms with Gasteiger partial charge in [0.15, 0.2) is 0 Å². The van der Waals surface area contributed by atoms with Crippen LogP contribution in [0.25, 0.3) is 11.1 Å². The zero-order valence-corrected chi connectivity index (χ0v) is 10.7. The molecule has 20 heavy (non-hydrogen) atoms. The summed E-state index contributed by atoms with van der Waals surface area (Å²) in [6.07, 6.45) is -4.47. The lowest BCUT2D eigenvalue weighted by Crippen LogP contribution is -2.19. The Morgan fingerprint density at radius 1 is 0.950 bits per heavy atom. The SMILES string of the molecule is O=S1(=O)Nc2ccc(C(F)(F)F)cc2-c2ccccc21. The predicted molar refractivity (Wildman–Crippen MR) is 67.7 cm³/mol. The number of benzene rings is 2. The van der Waals surface area contributed by atoms with Crippen molar-refractivity contribution >= 4 is 15.7 Å². The molecule has 0 unspecified atom stereocenters. The predicted octanol–water partition coefficient (Wildman–Crippen LogP) is 3.49. The topological polar surface area (TPSA) is 46.2 Å². The molecule has 0 saturated heterocycles. The molecule has 2 aromatic carbocycles. The maximum Gasteiger partial charge on any atom is 0.416 e. The minimum absolute atomic E-state index is 0.0215. The Hall–Kier alpha value is -2.02. The first-order valence-electron chi connectivity index (χ1n) is 5.62. The highest BCUT2D eigenvalue weighted by molar-refractivity contribution is 7.93. The first-order valence-corrected chi connectivity index (χ1v) is 7.11. The van der Waals surface area contributed by atoms with Crippen LogP contribution in [-0.2, 0) is 16.2 Å². The average molecular weight is 299 g/mol. The van der Waals surface area contributed by atoms with Crippen LogP contribution in [-0.4, -0.2) is 8.42 Å². The number of nitrogens with one attached hydrogen (secondary N) is 1. The zero-order valence-electron chi connectivity index (χ0n) is 9.90. The number of halogens is 3. The number of anilines is 1. The lowest BCUT2D eigenvalue weighted by atomic mass is 10.0. The molecule has 1 aliphatic rings. The first kappa shape index (κ1) is 13.0. The van der Waals surface area contributed by atoms with Crippen LogP contribution in [0.5, 0.6) is 0 Å². The Morgan fingerprint density at radius 3 is 2.35 bits per heavy atom. The van der Waals surface area contributed by atoms with E-state index in [1.165, 1.54) is 18.2 Å². The van der Waals surface area contributed by atoms with Crippen molar-refractivity contribution in [1.29, 1.82) is 0 Å². The van der Waals surface area contributed by atoms with E-state index in [9.17, 15) is 21.6 Å². The first-order chi connectivity index (χ1) is 9.29. The van der Waals surface area contributed by atoms with Gasteiger partial charge in [0, 0.05) is 11.1 Å². The van der Waals surface area contributed by atoms with Crippen molar-refractivity contribution in [3.63, 3.8) is 0 Å². The summed E-state index contributed by atoms with van der Waals surface area (Å²) < 4.78 is 64.5. The summed E-state index contributed by atoms with van der Waals surface area (Å²) in [5, 5.41) is 0. The molecule has 0 fully saturated rings. The van der Waals surface area contributed by atoms with Gasteiger partial charge in [0.25, 0.3) is 10.0 Å². The van der Waals surface area contributed by atoms with E-state index in [0.29, 0.717) is 0 Å². The van der Waals surface area contributed by atoms with E-state index in [1.807, 2.05) is 0 Å². The molecule has 0 spiro atoms. The van der Waals surface area contributed by atoms with Crippen LogP contribution in [0.1, 0.15) is 5.56 Å². The molecule has 2 aromatic rings. The van der Waals surface area contributed by atoms with E-state index in [4.69, 9.17) is 0 Å². The van der Waals surface area contributed by atoms with Gasteiger partial charge in [-0.1, -0.05) is 18.2 Å². The Kier molecular flexibility index (Phi) is 2.59. The average Bonchev–Trinajstić information content (AvgIpc) is 2.37. The Labute approximate surface area is 113 Å². The molecule has 3 rings (SSSR count). The van der Waals surface area contributed by atoms with E-state index in [1.54, 1.807) is 6.07 Å². The maximum absolute atomic E-state index is 12.7. The molecule has 0 radical (unpaired) electrons. The van der Waals surface area contributed by atoms with E-state index < -0.39 is 21.8 Å². The molecule has 7 heteroatoms. The van der Waals surface area contributed by atoms with Crippen molar-refractivity contribution in [3.05, 3.63) is 48.0 Å². The molecule has 0 amide bonds. The van der Waals surface area contributed by atoms with Gasteiger partial charge in [-0.2, -0.15) is 13.2 Å². The molecule has 0 saturated carbocycles. The molecule has 0 aliphatic carbocycles. The van der Waals surface area contributed by atoms with Crippen LogP contribution in [0.15, 0.2) is 47.4 Å². The summed E-state index contributed by atoms with van der Waals surface area (Å²) in [5.74, 6) is 0. The molecular formula is C13H8F3NO2S. The number of rotatable bonds is 0. The van der Waals surface area contributed by atoms with E-state index in [0.717, 1.165) is 18.2 Å². The van der Waals surface area contributed by atoms with Gasteiger partial charge < -0.3 is 0 Å². The molecule has 1 aliphatic heterocycles. The summed E-state index contributed by atoms with van der Waals surface area (Å²) in [7, 11) is -3.74. The number of hydrogen-bond acceptors (Lipinski definition) is 2. The van der Waals surface area contributed by atoms with Crippen molar-refractivity contribution in [2.45, 2.75) is 11.1 Å². The largest absolute Gasteiger partial charge is 0.416 e. The zero-order chi connectivity index (χ0) is 14.5. The summed E-state index contributed by atoms with van der Waals surface area (Å²) >= 11 is 0. The molecule has 0 aromatic heterocycles. The number of hydrogen-bond donors (Lipinski definition) is 1. The standard InChI is InChI=1S/C13H8F3NO2S/c14-13(15,16)8-5-6-11-10(7-8)9-3-1-2-4-12(9)20(18,19)17-11/h1-7,17H. The van der Waals surface area contributed by atoms with Gasteiger partial charge in [-0.15, -0.1) is 0 Å². The Balaban J connectivity index is 2.30. The van der Waals surface area contributed by atoms with Crippen molar-refractivity contribution in [2.24, 2.45) is 0 Å². The van der Waals surface area contributed by atoms with E-state index in [2.05, 4.69) is 4.72 Å². The smallest absolute Gasteiger partial charge is 0.279 e. The minimum Gasteiger partial charge on any atom is -0.279 e. The molecule has 0 bridgehead atoms. The van der Waals surface area contributed by atoms with Crippen molar-refractivity contribution in [2.75, 3.05) is 4.72 Å². The fourth-order valence-corrected chi connectivity index (χ4v) is 3.46. The Morgan fingerprint density at radius 2 is 1.65 bits per heavy atom. The number of fused-ring (bicyclic) bond motifs is 3. The highest BCUT2D eigenvalue weighted by Crippen LogP contribution is 2.41. The fraction of sp³-hybridized carbons (Fsp3) is 0.0769. The van der Waals surface area contributed by atoms with Crippen LogP contribution in [0.2, 0.25) is 0 Å². The van der Waals surface area contributed by atoms with Crippen LogP contribution in [0.3, 0.4) is 0 Å². The highest BCUT2D eigenvalue weighted by Gasteiger charge is 2.33. The number of sulfonamides is 1. The monoisotopic (exact) mass is 299 g/mol. The van der Waals surface area contributed by atoms with Crippen molar-refractivity contribution < 1.29 is 21.6 Å². The third-order valence-corrected chi connectivity index (χ3v) is 4.48. The molecule has 1 N–H and O–H groups in total. The molecule has 3 nitrogen and oxygen atoms in total. The van der Waals surface area contributed by atoms with Crippen LogP contribution in [0, 0.1) is 0 Å². The molecule has 0 atom stereocenters. The van der Waals surface area contributed by atoms with Gasteiger partial charge in [0.2, 0.25) is 0 Å². The normalized spacial score (nSPS) is 15.9. The quantitative estimate of drug-likeness (QED) is 0.809. The molecule has 1 heterocycles. The van der Waals surface area contributed by atoms with Crippen molar-refractivity contribution in [3.8, 4) is 11.1 Å². The van der Waals surface area contributed by atoms with Gasteiger partial charge in [-0.3, -0.25) is 4.72 Å². The summed E-state index contributed by atoms with van der Waals surface area (Å²) in [6.45, 7) is 0. The number of alkyl halides is 3. The van der Waals surface area contributed by atoms with Crippen LogP contribution >= 0.6 is 0 Å². The second kappa shape index (κ2) is 3.99. The van der Waals surface area contributed by atoms with Gasteiger partial charge >= 0.3 is 6.18 Å². The van der Waals surface area contributed by atoms with Gasteiger partial charge in [0.05, 0.1) is 16.1 Å². The summed E-state index contributed by atoms with van der Waals surface area (Å²) in [6, 6.07) is 8.91. The highest BCUT2D eigenvalue weighted by atomic mass is 32.2. The third-order valence-electron chi connectivity index (χ3n) is 3.06. The van der Waals surface area contributed by atoms with Gasteiger partial charge in [-0.25, -0.2) is 8.42 Å². The second-order valence-electron chi connectivity index (χ2n) is 4.36. The molecule has 104 valence electrons. The fourth-order valence-electron chi connectivity index (χ4n) is 2.16. The second-order valence-corrected chi connectivity index (χ2v) is 6.01. The summed E-state index contributed by atoms with van der Waals surface area (Å²) in [5.41, 5.74) is -0.165. The van der Waals surface area contributed by atoms with Crippen LogP contribution in [0.4, 0.5) is 18.9 Å². The van der Waals surface area contributed by atoms with Gasteiger partial charge in [-0.05, 0) is 24.3 Å². The van der Waals surface area contributed by atoms with Gasteiger partial charge in [0.1, 0.15) is 0 Å². The Bertz CT molecular complexity index is 798.